The van der Waals surface area contributed by atoms with Crippen molar-refractivity contribution in [3.05, 3.63) is 0 Å². The van der Waals surface area contributed by atoms with Crippen LogP contribution >= 0.6 is 0 Å². The third kappa shape index (κ3) is 3.88. The molecule has 0 atom stereocenters. The Kier molecular flexibility index (Phi) is 4.76. The highest BCUT2D eigenvalue weighted by molar-refractivity contribution is 5.77. The van der Waals surface area contributed by atoms with E-state index in [-0.39, 0.29) is 17.4 Å². The molecular formula is C14H24F2N2O. The average molecular weight is 274 g/mol. The number of carbonyl (C=O) groups excluding carboxylic acids is 1. The number of halogens is 2. The molecule has 2 fully saturated rings. The van der Waals surface area contributed by atoms with Crippen LogP contribution < -0.4 is 5.73 Å². The molecule has 0 spiro atoms. The lowest BCUT2D eigenvalue weighted by Crippen LogP contribution is -2.43. The molecule has 0 bridgehead atoms. The number of amides is 1. The molecule has 0 unspecified atom stereocenters. The quantitative estimate of drug-likeness (QED) is 0.809. The third-order valence-electron chi connectivity index (χ3n) is 4.52. The van der Waals surface area contributed by atoms with Gasteiger partial charge in [0, 0.05) is 12.5 Å². The second kappa shape index (κ2) is 6.16. The summed E-state index contributed by atoms with van der Waals surface area (Å²) >= 11 is 0. The van der Waals surface area contributed by atoms with Gasteiger partial charge < -0.3 is 10.6 Å². The van der Waals surface area contributed by atoms with E-state index in [0.717, 1.165) is 38.5 Å². The van der Waals surface area contributed by atoms with E-state index in [9.17, 15) is 13.6 Å². The van der Waals surface area contributed by atoms with Crippen LogP contribution in [0.25, 0.3) is 0 Å². The molecule has 0 aromatic rings. The van der Waals surface area contributed by atoms with E-state index < -0.39 is 13.0 Å². The lowest BCUT2D eigenvalue weighted by Gasteiger charge is -2.37. The van der Waals surface area contributed by atoms with E-state index in [2.05, 4.69) is 0 Å². The summed E-state index contributed by atoms with van der Waals surface area (Å²) in [5.41, 5.74) is 5.73. The molecule has 2 N–H and O–H groups in total. The molecule has 3 nitrogen and oxygen atoms in total. The van der Waals surface area contributed by atoms with Crippen molar-refractivity contribution in [2.75, 3.05) is 13.1 Å². The van der Waals surface area contributed by atoms with Gasteiger partial charge in [-0.2, -0.15) is 0 Å². The number of nitrogens with zero attached hydrogens (tertiary/aromatic N) is 1. The van der Waals surface area contributed by atoms with Gasteiger partial charge in [0.15, 0.2) is 0 Å². The minimum atomic E-state index is -2.44. The van der Waals surface area contributed by atoms with Gasteiger partial charge in [-0.1, -0.05) is 19.3 Å². The molecule has 0 aromatic heterocycles. The number of hydrogen-bond acceptors (Lipinski definition) is 2. The van der Waals surface area contributed by atoms with Crippen molar-refractivity contribution in [3.8, 4) is 0 Å². The number of carbonyl (C=O) groups is 1. The van der Waals surface area contributed by atoms with Gasteiger partial charge in [0.05, 0.1) is 6.54 Å². The topological polar surface area (TPSA) is 46.3 Å². The first-order chi connectivity index (χ1) is 9.06. The van der Waals surface area contributed by atoms with Gasteiger partial charge in [-0.15, -0.1) is 0 Å². The van der Waals surface area contributed by atoms with Crippen LogP contribution in [-0.2, 0) is 4.79 Å². The molecule has 1 amide bonds. The van der Waals surface area contributed by atoms with Gasteiger partial charge in [0.2, 0.25) is 5.91 Å². The minimum absolute atomic E-state index is 0.0555. The molecule has 0 saturated heterocycles. The summed E-state index contributed by atoms with van der Waals surface area (Å²) in [4.78, 5) is 13.7. The second-order valence-corrected chi connectivity index (χ2v) is 6.11. The molecule has 2 saturated carbocycles. The summed E-state index contributed by atoms with van der Waals surface area (Å²) in [5, 5.41) is 0. The Morgan fingerprint density at radius 1 is 1.26 bits per heavy atom. The Labute approximate surface area is 113 Å². The van der Waals surface area contributed by atoms with Crippen LogP contribution in [0.15, 0.2) is 0 Å². The minimum Gasteiger partial charge on any atom is -0.334 e. The third-order valence-corrected chi connectivity index (χ3v) is 4.52. The Bertz CT molecular complexity index is 313. The molecule has 0 aromatic carbocycles. The van der Waals surface area contributed by atoms with E-state index in [1.165, 1.54) is 11.3 Å². The summed E-state index contributed by atoms with van der Waals surface area (Å²) < 4.78 is 25.1. The van der Waals surface area contributed by atoms with E-state index in [1.807, 2.05) is 0 Å². The van der Waals surface area contributed by atoms with Crippen molar-refractivity contribution in [1.29, 1.82) is 0 Å². The molecule has 2 rings (SSSR count). The van der Waals surface area contributed by atoms with Crippen molar-refractivity contribution in [2.24, 2.45) is 11.1 Å². The second-order valence-electron chi connectivity index (χ2n) is 6.11. The fourth-order valence-electron chi connectivity index (χ4n) is 3.17. The molecular weight excluding hydrogens is 250 g/mol. The van der Waals surface area contributed by atoms with Crippen LogP contribution in [0.3, 0.4) is 0 Å². The summed E-state index contributed by atoms with van der Waals surface area (Å²) in [6.07, 6.45) is 4.97. The van der Waals surface area contributed by atoms with Gasteiger partial charge in [0.25, 0.3) is 6.43 Å². The molecule has 5 heteroatoms. The highest BCUT2D eigenvalue weighted by Gasteiger charge is 2.39. The van der Waals surface area contributed by atoms with Crippen molar-refractivity contribution >= 4 is 5.91 Å². The summed E-state index contributed by atoms with van der Waals surface area (Å²) in [6.45, 7) is 0.0794. The van der Waals surface area contributed by atoms with E-state index in [1.54, 1.807) is 0 Å². The Balaban J connectivity index is 1.96. The Morgan fingerprint density at radius 2 is 1.89 bits per heavy atom. The predicted molar refractivity (Wildman–Crippen MR) is 69.9 cm³/mol. The lowest BCUT2D eigenvalue weighted by molar-refractivity contribution is -0.136. The van der Waals surface area contributed by atoms with Crippen LogP contribution in [0.4, 0.5) is 8.78 Å². The van der Waals surface area contributed by atoms with Crippen molar-refractivity contribution < 1.29 is 13.6 Å². The Hall–Kier alpha value is -0.710. The smallest absolute Gasteiger partial charge is 0.255 e. The van der Waals surface area contributed by atoms with E-state index in [0.29, 0.717) is 13.0 Å². The van der Waals surface area contributed by atoms with E-state index >= 15 is 0 Å². The zero-order valence-corrected chi connectivity index (χ0v) is 11.4. The van der Waals surface area contributed by atoms with Gasteiger partial charge in [-0.05, 0) is 37.6 Å². The molecule has 0 aliphatic heterocycles. The normalized spacial score (nSPS) is 22.5. The molecule has 0 heterocycles. The standard InChI is InChI=1S/C14H24F2N2O/c15-12(16)9-18(11-4-5-11)13(19)8-14(10-17)6-2-1-3-7-14/h11-12H,1-10,17H2. The lowest BCUT2D eigenvalue weighted by atomic mass is 9.71. The summed E-state index contributed by atoms with van der Waals surface area (Å²) in [7, 11) is 0. The average Bonchev–Trinajstić information content (AvgIpc) is 3.21. The predicted octanol–water partition coefficient (Wildman–Crippen LogP) is 2.54. The van der Waals surface area contributed by atoms with Gasteiger partial charge >= 0.3 is 0 Å². The fourth-order valence-corrected chi connectivity index (χ4v) is 3.17. The van der Waals surface area contributed by atoms with Crippen LogP contribution in [0.2, 0.25) is 0 Å². The van der Waals surface area contributed by atoms with E-state index in [4.69, 9.17) is 5.73 Å². The van der Waals surface area contributed by atoms with Gasteiger partial charge in [-0.3, -0.25) is 4.79 Å². The first-order valence-electron chi connectivity index (χ1n) is 7.34. The maximum atomic E-state index is 12.6. The van der Waals surface area contributed by atoms with Crippen molar-refractivity contribution in [3.63, 3.8) is 0 Å². The van der Waals surface area contributed by atoms with Crippen LogP contribution in [0.5, 0.6) is 0 Å². The highest BCUT2D eigenvalue weighted by atomic mass is 19.3. The molecule has 110 valence electrons. The molecule has 2 aliphatic rings. The fraction of sp³-hybridized carbons (Fsp3) is 0.929. The van der Waals surface area contributed by atoms with Crippen LogP contribution in [0, 0.1) is 5.41 Å². The maximum absolute atomic E-state index is 12.6. The zero-order valence-electron chi connectivity index (χ0n) is 11.4. The molecule has 2 aliphatic carbocycles. The van der Waals surface area contributed by atoms with Gasteiger partial charge in [-0.25, -0.2) is 8.78 Å². The highest BCUT2D eigenvalue weighted by Crippen LogP contribution is 2.40. The number of hydrogen-bond donors (Lipinski definition) is 1. The first kappa shape index (κ1) is 14.7. The number of rotatable bonds is 6. The molecule has 0 radical (unpaired) electrons. The Morgan fingerprint density at radius 3 is 2.37 bits per heavy atom. The first-order valence-corrected chi connectivity index (χ1v) is 7.34. The van der Waals surface area contributed by atoms with Crippen LogP contribution in [-0.4, -0.2) is 36.4 Å². The maximum Gasteiger partial charge on any atom is 0.255 e. The van der Waals surface area contributed by atoms with Crippen molar-refractivity contribution in [2.45, 2.75) is 63.8 Å². The van der Waals surface area contributed by atoms with Crippen LogP contribution in [0.1, 0.15) is 51.4 Å². The SMILES string of the molecule is NCC1(CC(=O)N(CC(F)F)C2CC2)CCCCC1. The monoisotopic (exact) mass is 274 g/mol. The number of nitrogens with two attached hydrogens (primary N) is 1. The molecule has 19 heavy (non-hydrogen) atoms. The number of alkyl halides is 2. The summed E-state index contributed by atoms with van der Waals surface area (Å²) in [5.74, 6) is -0.116. The largest absolute Gasteiger partial charge is 0.334 e. The summed E-state index contributed by atoms with van der Waals surface area (Å²) in [6, 6.07) is 0.0555. The van der Waals surface area contributed by atoms with Crippen molar-refractivity contribution in [1.82, 2.24) is 4.90 Å². The zero-order chi connectivity index (χ0) is 13.9. The van der Waals surface area contributed by atoms with Gasteiger partial charge in [0.1, 0.15) is 0 Å².